The van der Waals surface area contributed by atoms with Gasteiger partial charge in [0, 0.05) is 4.88 Å². The Morgan fingerprint density at radius 3 is 2.50 bits per heavy atom. The van der Waals surface area contributed by atoms with Crippen LogP contribution in [0.4, 0.5) is 0 Å². The van der Waals surface area contributed by atoms with Crippen LogP contribution >= 0.6 is 22.9 Å². The molecule has 0 radical (unpaired) electrons. The fourth-order valence-electron chi connectivity index (χ4n) is 2.29. The Hall–Kier alpha value is -0.0500. The molecule has 0 aliphatic heterocycles. The number of thiophene rings is 1. The maximum absolute atomic E-state index is 10.5. The second-order valence-electron chi connectivity index (χ2n) is 4.98. The summed E-state index contributed by atoms with van der Waals surface area (Å²) in [5.41, 5.74) is -0.369. The van der Waals surface area contributed by atoms with Crippen LogP contribution in [0, 0.1) is 5.41 Å². The van der Waals surface area contributed by atoms with Gasteiger partial charge in [0.2, 0.25) is 0 Å². The van der Waals surface area contributed by atoms with Gasteiger partial charge in [-0.05, 0) is 36.8 Å². The van der Waals surface area contributed by atoms with Crippen molar-refractivity contribution in [3.63, 3.8) is 0 Å². The highest BCUT2D eigenvalue weighted by Crippen LogP contribution is 2.50. The van der Waals surface area contributed by atoms with Crippen molar-refractivity contribution in [1.82, 2.24) is 0 Å². The summed E-state index contributed by atoms with van der Waals surface area (Å²) in [5, 5.41) is 10.5. The molecule has 0 spiro atoms. The van der Waals surface area contributed by atoms with Crippen LogP contribution in [-0.4, -0.2) is 5.11 Å². The van der Waals surface area contributed by atoms with Gasteiger partial charge in [-0.25, -0.2) is 0 Å². The number of halogens is 1. The largest absolute Gasteiger partial charge is 0.384 e. The molecule has 0 aromatic carbocycles. The normalized spacial score (nSPS) is 30.9. The van der Waals surface area contributed by atoms with Gasteiger partial charge in [0.15, 0.2) is 0 Å². The Morgan fingerprint density at radius 1 is 1.36 bits per heavy atom. The summed E-state index contributed by atoms with van der Waals surface area (Å²) in [6, 6.07) is 3.82. The zero-order valence-corrected chi connectivity index (χ0v) is 10.1. The molecule has 0 bridgehead atoms. The Kier molecular flexibility index (Phi) is 2.41. The van der Waals surface area contributed by atoms with E-state index in [2.05, 4.69) is 13.8 Å². The molecule has 1 nitrogen and oxygen atoms in total. The number of aliphatic hydroxyl groups is 1. The van der Waals surface area contributed by atoms with Gasteiger partial charge in [0.05, 0.1) is 9.94 Å². The Morgan fingerprint density at radius 2 is 2.07 bits per heavy atom. The van der Waals surface area contributed by atoms with Crippen LogP contribution < -0.4 is 0 Å². The lowest BCUT2D eigenvalue weighted by Gasteiger charge is -2.23. The molecule has 14 heavy (non-hydrogen) atoms. The SMILES string of the molecule is CC1(C)CCC(O)(c2ccc(Cl)s2)C1. The molecule has 3 heteroatoms. The molecule has 1 saturated carbocycles. The van der Waals surface area contributed by atoms with Gasteiger partial charge in [-0.3, -0.25) is 0 Å². The van der Waals surface area contributed by atoms with Crippen molar-refractivity contribution >= 4 is 22.9 Å². The van der Waals surface area contributed by atoms with E-state index in [1.54, 1.807) is 0 Å². The van der Waals surface area contributed by atoms with E-state index in [0.717, 1.165) is 28.5 Å². The Bertz CT molecular complexity index is 345. The van der Waals surface area contributed by atoms with Crippen LogP contribution in [-0.2, 0) is 5.60 Å². The summed E-state index contributed by atoms with van der Waals surface area (Å²) < 4.78 is 0.762. The fourth-order valence-corrected chi connectivity index (χ4v) is 3.45. The van der Waals surface area contributed by atoms with Crippen molar-refractivity contribution < 1.29 is 5.11 Å². The molecule has 1 heterocycles. The van der Waals surface area contributed by atoms with Gasteiger partial charge in [0.25, 0.3) is 0 Å². The van der Waals surface area contributed by atoms with E-state index in [1.807, 2.05) is 12.1 Å². The van der Waals surface area contributed by atoms with Crippen LogP contribution in [0.1, 0.15) is 38.0 Å². The first-order valence-electron chi connectivity index (χ1n) is 4.90. The lowest BCUT2D eigenvalue weighted by atomic mass is 9.89. The van der Waals surface area contributed by atoms with E-state index in [4.69, 9.17) is 11.6 Å². The Labute approximate surface area is 93.7 Å². The van der Waals surface area contributed by atoms with E-state index in [0.29, 0.717) is 0 Å². The third-order valence-corrected chi connectivity index (χ3v) is 4.44. The highest BCUT2D eigenvalue weighted by Gasteiger charge is 2.43. The summed E-state index contributed by atoms with van der Waals surface area (Å²) in [6.45, 7) is 4.42. The van der Waals surface area contributed by atoms with E-state index < -0.39 is 5.60 Å². The first-order chi connectivity index (χ1) is 6.41. The second-order valence-corrected chi connectivity index (χ2v) is 6.69. The maximum atomic E-state index is 10.5. The van der Waals surface area contributed by atoms with Crippen LogP contribution in [0.15, 0.2) is 12.1 Å². The van der Waals surface area contributed by atoms with Crippen molar-refractivity contribution in [2.75, 3.05) is 0 Å². The molecular weight excluding hydrogens is 216 g/mol. The van der Waals surface area contributed by atoms with E-state index in [1.165, 1.54) is 11.3 Å². The second kappa shape index (κ2) is 3.22. The number of hydrogen-bond donors (Lipinski definition) is 1. The minimum Gasteiger partial charge on any atom is -0.384 e. The molecule has 0 saturated heterocycles. The van der Waals surface area contributed by atoms with Crippen LogP contribution in [0.2, 0.25) is 4.34 Å². The molecule has 1 aromatic heterocycles. The lowest BCUT2D eigenvalue weighted by Crippen LogP contribution is -2.21. The molecule has 1 unspecified atom stereocenters. The van der Waals surface area contributed by atoms with Gasteiger partial charge >= 0.3 is 0 Å². The van der Waals surface area contributed by atoms with Crippen LogP contribution in [0.3, 0.4) is 0 Å². The molecule has 1 aromatic rings. The molecule has 78 valence electrons. The lowest BCUT2D eigenvalue weighted by molar-refractivity contribution is 0.0375. The smallest absolute Gasteiger partial charge is 0.0993 e. The summed E-state index contributed by atoms with van der Waals surface area (Å²) in [7, 11) is 0. The van der Waals surface area contributed by atoms with Crippen molar-refractivity contribution in [2.24, 2.45) is 5.41 Å². The summed E-state index contributed by atoms with van der Waals surface area (Å²) in [5.74, 6) is 0. The monoisotopic (exact) mass is 230 g/mol. The van der Waals surface area contributed by atoms with E-state index in [-0.39, 0.29) is 5.41 Å². The first-order valence-corrected chi connectivity index (χ1v) is 6.09. The van der Waals surface area contributed by atoms with Crippen LogP contribution in [0.25, 0.3) is 0 Å². The predicted octanol–water partition coefficient (Wildman–Crippen LogP) is 3.80. The van der Waals surface area contributed by atoms with Gasteiger partial charge in [-0.15, -0.1) is 11.3 Å². The summed E-state index contributed by atoms with van der Waals surface area (Å²) in [6.07, 6.45) is 2.78. The molecule has 2 rings (SSSR count). The molecule has 1 atom stereocenters. The molecule has 1 N–H and O–H groups in total. The zero-order valence-electron chi connectivity index (χ0n) is 8.51. The van der Waals surface area contributed by atoms with Crippen molar-refractivity contribution in [3.05, 3.63) is 21.3 Å². The van der Waals surface area contributed by atoms with Crippen molar-refractivity contribution in [3.8, 4) is 0 Å². The average Bonchev–Trinajstić information content (AvgIpc) is 2.57. The first kappa shape index (κ1) is 10.5. The highest BCUT2D eigenvalue weighted by molar-refractivity contribution is 7.16. The van der Waals surface area contributed by atoms with Crippen molar-refractivity contribution in [1.29, 1.82) is 0 Å². The number of hydrogen-bond acceptors (Lipinski definition) is 2. The van der Waals surface area contributed by atoms with Gasteiger partial charge in [0.1, 0.15) is 0 Å². The van der Waals surface area contributed by atoms with Crippen molar-refractivity contribution in [2.45, 2.75) is 38.7 Å². The molecule has 1 aliphatic carbocycles. The average molecular weight is 231 g/mol. The minimum atomic E-state index is -0.624. The van der Waals surface area contributed by atoms with E-state index in [9.17, 15) is 5.11 Å². The molecule has 0 amide bonds. The van der Waals surface area contributed by atoms with Gasteiger partial charge in [-0.2, -0.15) is 0 Å². The molecule has 1 fully saturated rings. The predicted molar refractivity (Wildman–Crippen MR) is 60.9 cm³/mol. The zero-order chi connectivity index (χ0) is 10.4. The molecular formula is C11H15ClOS. The highest BCUT2D eigenvalue weighted by atomic mass is 35.5. The fraction of sp³-hybridized carbons (Fsp3) is 0.636. The topological polar surface area (TPSA) is 20.2 Å². The summed E-state index contributed by atoms with van der Waals surface area (Å²) >= 11 is 7.38. The minimum absolute atomic E-state index is 0.255. The van der Waals surface area contributed by atoms with Crippen LogP contribution in [0.5, 0.6) is 0 Å². The maximum Gasteiger partial charge on any atom is 0.0993 e. The number of rotatable bonds is 1. The Balaban J connectivity index is 2.27. The van der Waals surface area contributed by atoms with Gasteiger partial charge in [-0.1, -0.05) is 25.4 Å². The third kappa shape index (κ3) is 1.83. The standard InChI is InChI=1S/C11H15ClOS/c1-10(2)5-6-11(13,7-10)8-3-4-9(12)14-8/h3-4,13H,5-7H2,1-2H3. The third-order valence-electron chi connectivity index (χ3n) is 3.02. The summed E-state index contributed by atoms with van der Waals surface area (Å²) in [4.78, 5) is 1.02. The van der Waals surface area contributed by atoms with Gasteiger partial charge < -0.3 is 5.11 Å². The quantitative estimate of drug-likeness (QED) is 0.778. The molecule has 1 aliphatic rings. The van der Waals surface area contributed by atoms with E-state index >= 15 is 0 Å².